The maximum Gasteiger partial charge on any atom is 0.261 e. The van der Waals surface area contributed by atoms with Gasteiger partial charge >= 0.3 is 0 Å². The zero-order valence-corrected chi connectivity index (χ0v) is 26.3. The van der Waals surface area contributed by atoms with E-state index in [1.165, 1.54) is 179 Å². The van der Waals surface area contributed by atoms with E-state index in [0.717, 1.165) is 0 Å². The minimum Gasteiger partial charge on any atom is -0.234 e. The van der Waals surface area contributed by atoms with Crippen LogP contribution >= 0.6 is 0 Å². The Bertz CT molecular complexity index is 778. The van der Waals surface area contributed by atoms with Crippen LogP contribution in [0.25, 0.3) is 5.69 Å². The van der Waals surface area contributed by atoms with E-state index < -0.39 is 0 Å². The largest absolute Gasteiger partial charge is 0.261 e. The van der Waals surface area contributed by atoms with Crippen LogP contribution in [0.4, 0.5) is 0 Å². The first kappa shape index (κ1) is 33.6. The molecule has 0 atom stereocenters. The molecule has 1 heterocycles. The fourth-order valence-corrected chi connectivity index (χ4v) is 6.00. The molecule has 0 radical (unpaired) electrons. The van der Waals surface area contributed by atoms with Crippen molar-refractivity contribution in [2.75, 3.05) is 0 Å². The number of benzene rings is 1. The number of para-hydroxylation sites is 1. The lowest BCUT2D eigenvalue weighted by molar-refractivity contribution is -0.704. The van der Waals surface area contributed by atoms with Gasteiger partial charge in [-0.25, -0.2) is 4.57 Å². The Morgan fingerprint density at radius 3 is 1.36 bits per heavy atom. The Balaban J connectivity index is 1.62. The Morgan fingerprint density at radius 1 is 0.487 bits per heavy atom. The van der Waals surface area contributed by atoms with E-state index in [1.807, 2.05) is 0 Å². The standard InChI is InChI=1S/C37H65N2/c1-3-5-7-9-11-13-15-16-17-18-19-21-23-28-32-37-38(34-35-39(37)36-30-26-25-27-31-36)33-29-24-22-20-14-12-10-8-6-4-2/h25-27,30-31,34-35H,3-24,28-29,32-33H2,1-2H3/q+1. The lowest BCUT2D eigenvalue weighted by atomic mass is 10.0. The predicted octanol–water partition coefficient (Wildman–Crippen LogP) is 11.7. The van der Waals surface area contributed by atoms with E-state index in [0.29, 0.717) is 0 Å². The number of unbranched alkanes of at least 4 members (excludes halogenated alkanes) is 22. The van der Waals surface area contributed by atoms with Gasteiger partial charge in [0.1, 0.15) is 18.1 Å². The van der Waals surface area contributed by atoms with Crippen LogP contribution in [0.15, 0.2) is 42.7 Å². The molecule has 0 unspecified atom stereocenters. The van der Waals surface area contributed by atoms with Crippen LogP contribution in [-0.4, -0.2) is 4.57 Å². The van der Waals surface area contributed by atoms with Crippen LogP contribution in [-0.2, 0) is 13.0 Å². The van der Waals surface area contributed by atoms with Gasteiger partial charge in [-0.1, -0.05) is 167 Å². The summed E-state index contributed by atoms with van der Waals surface area (Å²) in [7, 11) is 0. The molecule has 1 aromatic carbocycles. The minimum absolute atomic E-state index is 1.17. The van der Waals surface area contributed by atoms with Crippen molar-refractivity contribution in [2.45, 2.75) is 181 Å². The number of nitrogens with zero attached hydrogens (tertiary/aromatic N) is 2. The first-order valence-corrected chi connectivity index (χ1v) is 17.5. The van der Waals surface area contributed by atoms with Gasteiger partial charge in [0.25, 0.3) is 5.82 Å². The predicted molar refractivity (Wildman–Crippen MR) is 172 cm³/mol. The number of aryl methyl sites for hydroxylation is 1. The van der Waals surface area contributed by atoms with Gasteiger partial charge in [-0.2, -0.15) is 4.57 Å². The number of aromatic nitrogens is 2. The van der Waals surface area contributed by atoms with E-state index in [-0.39, 0.29) is 0 Å². The Kier molecular flexibility index (Phi) is 20.9. The number of hydrogen-bond acceptors (Lipinski definition) is 0. The molecular weight excluding hydrogens is 472 g/mol. The maximum atomic E-state index is 2.56. The lowest BCUT2D eigenvalue weighted by Gasteiger charge is -2.07. The molecule has 0 aliphatic heterocycles. The Labute approximate surface area is 244 Å². The van der Waals surface area contributed by atoms with E-state index in [4.69, 9.17) is 0 Å². The Morgan fingerprint density at radius 2 is 0.897 bits per heavy atom. The van der Waals surface area contributed by atoms with Gasteiger partial charge in [-0.3, -0.25) is 0 Å². The highest BCUT2D eigenvalue weighted by Gasteiger charge is 2.18. The van der Waals surface area contributed by atoms with Crippen LogP contribution in [0, 0.1) is 0 Å². The third kappa shape index (κ3) is 16.3. The van der Waals surface area contributed by atoms with Gasteiger partial charge in [0.15, 0.2) is 0 Å². The van der Waals surface area contributed by atoms with Crippen LogP contribution in [0.3, 0.4) is 0 Å². The normalized spacial score (nSPS) is 11.4. The summed E-state index contributed by atoms with van der Waals surface area (Å²) in [5, 5.41) is 0. The molecule has 2 rings (SSSR count). The highest BCUT2D eigenvalue weighted by Crippen LogP contribution is 2.16. The molecule has 0 saturated heterocycles. The quantitative estimate of drug-likeness (QED) is 0.0791. The number of hydrogen-bond donors (Lipinski definition) is 0. The van der Waals surface area contributed by atoms with Crippen molar-refractivity contribution in [3.05, 3.63) is 48.5 Å². The molecule has 0 spiro atoms. The van der Waals surface area contributed by atoms with Crippen molar-refractivity contribution in [1.82, 2.24) is 4.57 Å². The molecule has 0 amide bonds. The lowest BCUT2D eigenvalue weighted by Crippen LogP contribution is -2.37. The second kappa shape index (κ2) is 24.2. The smallest absolute Gasteiger partial charge is 0.234 e. The summed E-state index contributed by atoms with van der Waals surface area (Å²) in [6.45, 7) is 5.78. The van der Waals surface area contributed by atoms with Crippen LogP contribution in [0.2, 0.25) is 0 Å². The monoisotopic (exact) mass is 538 g/mol. The SMILES string of the molecule is CCCCCCCCCCCCCCCCc1n(-c2ccccc2)cc[n+]1CCCCCCCCCCCC. The van der Waals surface area contributed by atoms with Crippen molar-refractivity contribution in [1.29, 1.82) is 0 Å². The third-order valence-electron chi connectivity index (χ3n) is 8.55. The summed E-state index contributed by atoms with van der Waals surface area (Å²) in [6, 6.07) is 11.0. The molecular formula is C37H65N2+. The van der Waals surface area contributed by atoms with Gasteiger partial charge < -0.3 is 0 Å². The summed E-state index contributed by atoms with van der Waals surface area (Å²) in [5.74, 6) is 1.50. The molecule has 0 aliphatic carbocycles. The van der Waals surface area contributed by atoms with Crippen molar-refractivity contribution in [3.8, 4) is 5.69 Å². The summed E-state index contributed by atoms with van der Waals surface area (Å²) >= 11 is 0. The summed E-state index contributed by atoms with van der Waals surface area (Å²) in [5.41, 5.74) is 1.31. The first-order valence-electron chi connectivity index (χ1n) is 17.5. The zero-order valence-electron chi connectivity index (χ0n) is 26.3. The van der Waals surface area contributed by atoms with Crippen LogP contribution in [0.1, 0.15) is 174 Å². The molecule has 1 aromatic heterocycles. The van der Waals surface area contributed by atoms with E-state index in [2.05, 4.69) is 65.7 Å². The fraction of sp³-hybridized carbons (Fsp3) is 0.757. The zero-order chi connectivity index (χ0) is 27.6. The second-order valence-corrected chi connectivity index (χ2v) is 12.1. The highest BCUT2D eigenvalue weighted by molar-refractivity contribution is 5.31. The molecule has 2 nitrogen and oxygen atoms in total. The van der Waals surface area contributed by atoms with Crippen LogP contribution in [0.5, 0.6) is 0 Å². The molecule has 222 valence electrons. The topological polar surface area (TPSA) is 8.81 Å². The van der Waals surface area contributed by atoms with E-state index in [1.54, 1.807) is 0 Å². The average Bonchev–Trinajstić information content (AvgIpc) is 3.37. The maximum absolute atomic E-state index is 2.56. The summed E-state index contributed by atoms with van der Waals surface area (Å²) in [4.78, 5) is 0. The van der Waals surface area contributed by atoms with Crippen molar-refractivity contribution in [2.24, 2.45) is 0 Å². The van der Waals surface area contributed by atoms with Gasteiger partial charge in [0.2, 0.25) is 0 Å². The minimum atomic E-state index is 1.17. The fourth-order valence-electron chi connectivity index (χ4n) is 6.00. The second-order valence-electron chi connectivity index (χ2n) is 12.1. The molecule has 39 heavy (non-hydrogen) atoms. The molecule has 0 aliphatic rings. The van der Waals surface area contributed by atoms with Gasteiger partial charge in [0, 0.05) is 6.42 Å². The van der Waals surface area contributed by atoms with Crippen molar-refractivity contribution >= 4 is 0 Å². The molecule has 2 heteroatoms. The first-order chi connectivity index (χ1) is 19.4. The molecule has 0 fully saturated rings. The molecule has 2 aromatic rings. The van der Waals surface area contributed by atoms with Crippen molar-refractivity contribution < 1.29 is 4.57 Å². The number of rotatable bonds is 27. The summed E-state index contributed by atoms with van der Waals surface area (Å²) in [6.07, 6.45) is 39.8. The van der Waals surface area contributed by atoms with E-state index >= 15 is 0 Å². The van der Waals surface area contributed by atoms with Gasteiger partial charge in [-0.05, 0) is 31.4 Å². The number of imidazole rings is 1. The molecule has 0 bridgehead atoms. The Hall–Kier alpha value is -1.57. The molecule has 0 N–H and O–H groups in total. The van der Waals surface area contributed by atoms with Gasteiger partial charge in [-0.15, -0.1) is 0 Å². The molecule has 0 saturated carbocycles. The van der Waals surface area contributed by atoms with Crippen LogP contribution < -0.4 is 4.57 Å². The highest BCUT2D eigenvalue weighted by atomic mass is 15.1. The average molecular weight is 538 g/mol. The van der Waals surface area contributed by atoms with Crippen molar-refractivity contribution in [3.63, 3.8) is 0 Å². The summed E-state index contributed by atoms with van der Waals surface area (Å²) < 4.78 is 5.00. The van der Waals surface area contributed by atoms with Gasteiger partial charge in [0.05, 0.1) is 6.54 Å². The van der Waals surface area contributed by atoms with E-state index in [9.17, 15) is 0 Å². The third-order valence-corrected chi connectivity index (χ3v) is 8.55.